The molecule has 0 saturated carbocycles. The topological polar surface area (TPSA) is 51.8 Å². The van der Waals surface area contributed by atoms with Crippen molar-refractivity contribution in [2.24, 2.45) is 0 Å². The SMILES string of the molecule is Nc1ncc2c(n1)CCC2. The summed E-state index contributed by atoms with van der Waals surface area (Å²) in [5.41, 5.74) is 7.83. The molecule has 1 aromatic heterocycles. The average molecular weight is 135 g/mol. The Morgan fingerprint density at radius 2 is 2.30 bits per heavy atom. The predicted molar refractivity (Wildman–Crippen MR) is 38.5 cm³/mol. The second-order valence-electron chi connectivity index (χ2n) is 2.55. The van der Waals surface area contributed by atoms with Crippen molar-refractivity contribution in [2.45, 2.75) is 19.3 Å². The number of aromatic nitrogens is 2. The molecule has 0 spiro atoms. The molecule has 3 heteroatoms. The van der Waals surface area contributed by atoms with E-state index in [1.165, 1.54) is 12.0 Å². The van der Waals surface area contributed by atoms with Gasteiger partial charge in [-0.05, 0) is 24.8 Å². The van der Waals surface area contributed by atoms with Crippen LogP contribution in [0.4, 0.5) is 5.95 Å². The van der Waals surface area contributed by atoms with Gasteiger partial charge < -0.3 is 5.73 Å². The van der Waals surface area contributed by atoms with Crippen molar-refractivity contribution in [3.8, 4) is 0 Å². The number of fused-ring (bicyclic) bond motifs is 1. The van der Waals surface area contributed by atoms with Gasteiger partial charge in [0.15, 0.2) is 0 Å². The lowest BCUT2D eigenvalue weighted by Gasteiger charge is -1.95. The highest BCUT2D eigenvalue weighted by atomic mass is 15.0. The summed E-state index contributed by atoms with van der Waals surface area (Å²) in [6.07, 6.45) is 5.23. The Balaban J connectivity index is 2.52. The van der Waals surface area contributed by atoms with Crippen LogP contribution in [0, 0.1) is 0 Å². The maximum Gasteiger partial charge on any atom is 0.220 e. The Morgan fingerprint density at radius 1 is 1.40 bits per heavy atom. The molecule has 0 amide bonds. The molecule has 10 heavy (non-hydrogen) atoms. The van der Waals surface area contributed by atoms with E-state index >= 15 is 0 Å². The summed E-state index contributed by atoms with van der Waals surface area (Å²) in [7, 11) is 0. The van der Waals surface area contributed by atoms with Gasteiger partial charge in [-0.15, -0.1) is 0 Å². The van der Waals surface area contributed by atoms with Gasteiger partial charge in [0.2, 0.25) is 5.95 Å². The van der Waals surface area contributed by atoms with Gasteiger partial charge in [0.1, 0.15) is 0 Å². The van der Waals surface area contributed by atoms with Crippen LogP contribution in [-0.2, 0) is 12.8 Å². The molecule has 2 N–H and O–H groups in total. The Bertz CT molecular complexity index is 257. The highest BCUT2D eigenvalue weighted by Crippen LogP contribution is 2.18. The minimum absolute atomic E-state index is 0.403. The summed E-state index contributed by atoms with van der Waals surface area (Å²) in [4.78, 5) is 8.04. The fraction of sp³-hybridized carbons (Fsp3) is 0.429. The van der Waals surface area contributed by atoms with Crippen LogP contribution in [0.3, 0.4) is 0 Å². The molecular formula is C7H9N3. The summed E-state index contributed by atoms with van der Waals surface area (Å²) < 4.78 is 0. The molecule has 0 radical (unpaired) electrons. The van der Waals surface area contributed by atoms with Gasteiger partial charge in [-0.25, -0.2) is 9.97 Å². The van der Waals surface area contributed by atoms with Crippen molar-refractivity contribution >= 4 is 5.95 Å². The van der Waals surface area contributed by atoms with E-state index in [1.807, 2.05) is 6.20 Å². The maximum atomic E-state index is 5.41. The van der Waals surface area contributed by atoms with E-state index < -0.39 is 0 Å². The summed E-state index contributed by atoms with van der Waals surface area (Å²) in [5.74, 6) is 0.403. The summed E-state index contributed by atoms with van der Waals surface area (Å²) in [6.45, 7) is 0. The van der Waals surface area contributed by atoms with E-state index in [0.29, 0.717) is 5.95 Å². The fourth-order valence-electron chi connectivity index (χ4n) is 1.33. The molecule has 0 bridgehead atoms. The Morgan fingerprint density at radius 3 is 3.20 bits per heavy atom. The van der Waals surface area contributed by atoms with Crippen LogP contribution in [-0.4, -0.2) is 9.97 Å². The van der Waals surface area contributed by atoms with Gasteiger partial charge in [-0.2, -0.15) is 0 Å². The second-order valence-corrected chi connectivity index (χ2v) is 2.55. The molecule has 1 heterocycles. The Hall–Kier alpha value is -1.12. The molecule has 0 atom stereocenters. The number of rotatable bonds is 0. The maximum absolute atomic E-state index is 5.41. The molecule has 0 unspecified atom stereocenters. The summed E-state index contributed by atoms with van der Waals surface area (Å²) in [6, 6.07) is 0. The average Bonchev–Trinajstić information content (AvgIpc) is 2.33. The number of nitrogens with two attached hydrogens (primary N) is 1. The number of hydrogen-bond acceptors (Lipinski definition) is 3. The molecular weight excluding hydrogens is 126 g/mol. The first kappa shape index (κ1) is 5.65. The Labute approximate surface area is 59.3 Å². The largest absolute Gasteiger partial charge is 0.368 e. The molecule has 52 valence electrons. The van der Waals surface area contributed by atoms with Crippen molar-refractivity contribution < 1.29 is 0 Å². The highest BCUT2D eigenvalue weighted by molar-refractivity contribution is 5.28. The zero-order valence-electron chi connectivity index (χ0n) is 5.67. The first-order valence-corrected chi connectivity index (χ1v) is 3.46. The molecule has 3 nitrogen and oxygen atoms in total. The fourth-order valence-corrected chi connectivity index (χ4v) is 1.33. The molecule has 0 fully saturated rings. The van der Waals surface area contributed by atoms with Crippen LogP contribution in [0.5, 0.6) is 0 Å². The Kier molecular flexibility index (Phi) is 1.09. The molecule has 1 aliphatic rings. The zero-order valence-corrected chi connectivity index (χ0v) is 5.67. The van der Waals surface area contributed by atoms with Crippen molar-refractivity contribution in [3.05, 3.63) is 17.5 Å². The zero-order chi connectivity index (χ0) is 6.97. The minimum Gasteiger partial charge on any atom is -0.368 e. The summed E-state index contributed by atoms with van der Waals surface area (Å²) >= 11 is 0. The van der Waals surface area contributed by atoms with Gasteiger partial charge in [0.25, 0.3) is 0 Å². The van der Waals surface area contributed by atoms with Crippen LogP contribution in [0.15, 0.2) is 6.20 Å². The molecule has 0 aliphatic heterocycles. The first-order valence-electron chi connectivity index (χ1n) is 3.46. The predicted octanol–water partition coefficient (Wildman–Crippen LogP) is 0.548. The molecule has 0 saturated heterocycles. The molecule has 1 aromatic rings. The smallest absolute Gasteiger partial charge is 0.220 e. The van der Waals surface area contributed by atoms with Crippen LogP contribution in [0.2, 0.25) is 0 Å². The third-order valence-electron chi connectivity index (χ3n) is 1.83. The van der Waals surface area contributed by atoms with E-state index in [2.05, 4.69) is 9.97 Å². The lowest BCUT2D eigenvalue weighted by atomic mass is 10.3. The normalized spacial score (nSPS) is 15.2. The minimum atomic E-state index is 0.403. The van der Waals surface area contributed by atoms with Gasteiger partial charge in [0.05, 0.1) is 0 Å². The highest BCUT2D eigenvalue weighted by Gasteiger charge is 2.11. The second kappa shape index (κ2) is 1.94. The van der Waals surface area contributed by atoms with Crippen molar-refractivity contribution in [1.29, 1.82) is 0 Å². The van der Waals surface area contributed by atoms with Crippen molar-refractivity contribution in [3.63, 3.8) is 0 Å². The third kappa shape index (κ3) is 0.744. The summed E-state index contributed by atoms with van der Waals surface area (Å²) in [5, 5.41) is 0. The van der Waals surface area contributed by atoms with Crippen LogP contribution < -0.4 is 5.73 Å². The lowest BCUT2D eigenvalue weighted by molar-refractivity contribution is 0.900. The van der Waals surface area contributed by atoms with E-state index in [-0.39, 0.29) is 0 Å². The van der Waals surface area contributed by atoms with E-state index in [9.17, 15) is 0 Å². The van der Waals surface area contributed by atoms with Crippen LogP contribution in [0.25, 0.3) is 0 Å². The van der Waals surface area contributed by atoms with E-state index in [0.717, 1.165) is 18.5 Å². The lowest BCUT2D eigenvalue weighted by Crippen LogP contribution is -1.97. The third-order valence-corrected chi connectivity index (χ3v) is 1.83. The monoisotopic (exact) mass is 135 g/mol. The number of aryl methyl sites for hydroxylation is 2. The molecule has 2 rings (SSSR count). The van der Waals surface area contributed by atoms with Gasteiger partial charge in [-0.1, -0.05) is 0 Å². The van der Waals surface area contributed by atoms with E-state index in [1.54, 1.807) is 0 Å². The number of hydrogen-bond donors (Lipinski definition) is 1. The molecule has 1 aliphatic carbocycles. The number of nitrogens with zero attached hydrogens (tertiary/aromatic N) is 2. The van der Waals surface area contributed by atoms with Crippen molar-refractivity contribution in [1.82, 2.24) is 9.97 Å². The van der Waals surface area contributed by atoms with Crippen molar-refractivity contribution in [2.75, 3.05) is 5.73 Å². The van der Waals surface area contributed by atoms with Crippen LogP contribution >= 0.6 is 0 Å². The van der Waals surface area contributed by atoms with Gasteiger partial charge in [0, 0.05) is 11.9 Å². The van der Waals surface area contributed by atoms with Crippen LogP contribution in [0.1, 0.15) is 17.7 Å². The molecule has 0 aromatic carbocycles. The number of anilines is 1. The standard InChI is InChI=1S/C7H9N3/c8-7-9-4-5-2-1-3-6(5)10-7/h4H,1-3H2,(H2,8,9,10). The van der Waals surface area contributed by atoms with Gasteiger partial charge in [-0.3, -0.25) is 0 Å². The number of nitrogen functional groups attached to an aromatic ring is 1. The first-order chi connectivity index (χ1) is 4.86. The van der Waals surface area contributed by atoms with Gasteiger partial charge >= 0.3 is 0 Å². The van der Waals surface area contributed by atoms with E-state index in [4.69, 9.17) is 5.73 Å². The quantitative estimate of drug-likeness (QED) is 0.565.